The van der Waals surface area contributed by atoms with Gasteiger partial charge in [0.25, 0.3) is 0 Å². The number of imidazole rings is 1. The lowest BCUT2D eigenvalue weighted by Crippen LogP contribution is -2.16. The van der Waals surface area contributed by atoms with E-state index in [1.807, 2.05) is 6.07 Å². The highest BCUT2D eigenvalue weighted by atomic mass is 16.3. The molecule has 0 atom stereocenters. The van der Waals surface area contributed by atoms with Crippen LogP contribution in [0, 0.1) is 0 Å². The van der Waals surface area contributed by atoms with Crippen LogP contribution in [0.3, 0.4) is 0 Å². The number of fused-ring (bicyclic) bond motifs is 1. The van der Waals surface area contributed by atoms with Crippen molar-refractivity contribution in [3.8, 4) is 67.5 Å². The molecule has 0 saturated carbocycles. The van der Waals surface area contributed by atoms with Crippen LogP contribution in [0.25, 0.3) is 72.7 Å². The second-order valence-electron chi connectivity index (χ2n) is 18.6. The Labute approximate surface area is 363 Å². The van der Waals surface area contributed by atoms with Crippen molar-refractivity contribution in [1.82, 2.24) is 14.5 Å². The molecule has 60 heavy (non-hydrogen) atoms. The molecular weight excluding hydrogens is 731 g/mol. The van der Waals surface area contributed by atoms with E-state index in [9.17, 15) is 5.11 Å². The number of benzene rings is 6. The normalized spacial score (nSPS) is 13.4. The lowest BCUT2D eigenvalue weighted by atomic mass is 9.83. The first-order valence-corrected chi connectivity index (χ1v) is 20.9. The maximum Gasteiger partial charge on any atom is 0.149 e. The zero-order valence-corrected chi connectivity index (χ0v) is 36.4. The number of hydrogen-bond acceptors (Lipinski definition) is 3. The summed E-state index contributed by atoms with van der Waals surface area (Å²) in [4.78, 5) is 10.4. The number of aromatic nitrogens is 3. The summed E-state index contributed by atoms with van der Waals surface area (Å²) in [5.74, 6) is 1.15. The Morgan fingerprint density at radius 1 is 0.600 bits per heavy atom. The van der Waals surface area contributed by atoms with Crippen molar-refractivity contribution < 1.29 is 12.0 Å². The van der Waals surface area contributed by atoms with Crippen molar-refractivity contribution in [2.75, 3.05) is 0 Å². The molecule has 2 heterocycles. The molecule has 302 valence electrons. The molecule has 6 aromatic carbocycles. The van der Waals surface area contributed by atoms with Crippen molar-refractivity contribution in [2.24, 2.45) is 0 Å². The molecule has 2 aromatic heterocycles. The summed E-state index contributed by atoms with van der Waals surface area (Å²) in [7, 11) is 0. The summed E-state index contributed by atoms with van der Waals surface area (Å²) in [5.41, 5.74) is 13.1. The van der Waals surface area contributed by atoms with Crippen LogP contribution in [0.1, 0.15) is 110 Å². The van der Waals surface area contributed by atoms with Crippen molar-refractivity contribution >= 4 is 11.0 Å². The SMILES string of the molecule is [2H]c1c([2H])c([2H])c(-c2ccnc(-c3cc(-c4cccc5c4nc(-c4cc(C(C)C)cc(C(C)C)c4O)n5-c4ccc(-c5ccccc5)cc4C(C)(C)C)cc(C(C)(C)C)c3)c2)c([2H])c1[2H]. The lowest BCUT2D eigenvalue weighted by Gasteiger charge is -2.26. The molecule has 0 unspecified atom stereocenters. The monoisotopic (exact) mass is 792 g/mol. The summed E-state index contributed by atoms with van der Waals surface area (Å²) < 4.78 is 44.4. The Hall–Kier alpha value is -6.26. The van der Waals surface area contributed by atoms with E-state index in [1.54, 1.807) is 18.3 Å². The predicted octanol–water partition coefficient (Wildman–Crippen LogP) is 15.3. The number of para-hydroxylation sites is 1. The third kappa shape index (κ3) is 7.79. The summed E-state index contributed by atoms with van der Waals surface area (Å²) in [6.07, 6.45) is 1.63. The van der Waals surface area contributed by atoms with E-state index in [2.05, 4.69) is 165 Å². The Kier molecular flexibility index (Phi) is 9.07. The minimum atomic E-state index is -0.428. The molecule has 1 N–H and O–H groups in total. The average Bonchev–Trinajstić information content (AvgIpc) is 3.66. The summed E-state index contributed by atoms with van der Waals surface area (Å²) in [5, 5.41) is 12.3. The standard InChI is InChI=1S/C56H57N3O/c1-35(2)41-31-46(36(3)4)53(60)47(32-41)54-58-52-45(22-17-23-51(52)59(54)50-25-24-39(33-48(50)56(8,9)10)37-18-13-11-14-19-37)42-28-43(30-44(29-42)55(5,6)7)49-34-40(26-27-57-49)38-20-15-12-16-21-38/h11-36,60H,1-10H3/i12D,15D,16D,20D,21D. The first kappa shape index (κ1) is 34.6. The van der Waals surface area contributed by atoms with E-state index in [-0.39, 0.29) is 58.1 Å². The van der Waals surface area contributed by atoms with E-state index in [1.165, 1.54) is 0 Å². The fourth-order valence-electron chi connectivity index (χ4n) is 8.02. The fourth-order valence-corrected chi connectivity index (χ4v) is 8.02. The molecule has 0 radical (unpaired) electrons. The Morgan fingerprint density at radius 2 is 1.32 bits per heavy atom. The number of phenolic OH excluding ortho intramolecular Hbond substituents is 1. The molecule has 4 heteroatoms. The number of pyridine rings is 1. The van der Waals surface area contributed by atoms with Gasteiger partial charge in [0.1, 0.15) is 11.6 Å². The van der Waals surface area contributed by atoms with E-state index in [0.717, 1.165) is 66.8 Å². The highest BCUT2D eigenvalue weighted by Gasteiger charge is 2.28. The van der Waals surface area contributed by atoms with Crippen LogP contribution in [-0.4, -0.2) is 19.6 Å². The van der Waals surface area contributed by atoms with Crippen molar-refractivity contribution in [1.29, 1.82) is 0 Å². The third-order valence-corrected chi connectivity index (χ3v) is 11.5. The van der Waals surface area contributed by atoms with Gasteiger partial charge in [0.15, 0.2) is 0 Å². The maximum absolute atomic E-state index is 12.3. The molecule has 0 spiro atoms. The summed E-state index contributed by atoms with van der Waals surface area (Å²) in [6.45, 7) is 21.8. The van der Waals surface area contributed by atoms with Crippen LogP contribution in [0.4, 0.5) is 0 Å². The lowest BCUT2D eigenvalue weighted by molar-refractivity contribution is 0.466. The van der Waals surface area contributed by atoms with Crippen LogP contribution in [0.5, 0.6) is 5.75 Å². The van der Waals surface area contributed by atoms with Gasteiger partial charge in [-0.3, -0.25) is 9.55 Å². The van der Waals surface area contributed by atoms with E-state index in [4.69, 9.17) is 16.8 Å². The predicted molar refractivity (Wildman–Crippen MR) is 253 cm³/mol. The number of phenols is 1. The van der Waals surface area contributed by atoms with Gasteiger partial charge in [0.2, 0.25) is 0 Å². The van der Waals surface area contributed by atoms with Gasteiger partial charge >= 0.3 is 0 Å². The quantitative estimate of drug-likeness (QED) is 0.167. The van der Waals surface area contributed by atoms with Gasteiger partial charge < -0.3 is 5.11 Å². The summed E-state index contributed by atoms with van der Waals surface area (Å²) in [6, 6.07) is 35.8. The number of rotatable bonds is 8. The molecular formula is C56H57N3O. The fraction of sp³-hybridized carbons (Fsp3) is 0.250. The second-order valence-corrected chi connectivity index (χ2v) is 18.6. The smallest absolute Gasteiger partial charge is 0.149 e. The van der Waals surface area contributed by atoms with Crippen LogP contribution in [-0.2, 0) is 10.8 Å². The van der Waals surface area contributed by atoms with Crippen LogP contribution in [0.2, 0.25) is 0 Å². The Balaban J connectivity index is 1.43. The Morgan fingerprint density at radius 3 is 2.00 bits per heavy atom. The van der Waals surface area contributed by atoms with Crippen molar-refractivity contribution in [2.45, 2.75) is 91.9 Å². The van der Waals surface area contributed by atoms with E-state index in [0.29, 0.717) is 22.6 Å². The van der Waals surface area contributed by atoms with Gasteiger partial charge in [-0.2, -0.15) is 0 Å². The van der Waals surface area contributed by atoms with Crippen LogP contribution < -0.4 is 0 Å². The molecule has 8 aromatic rings. The molecule has 0 aliphatic carbocycles. The molecule has 4 nitrogen and oxygen atoms in total. The second kappa shape index (κ2) is 15.7. The molecule has 0 aliphatic heterocycles. The zero-order chi connectivity index (χ0) is 46.9. The number of aromatic hydroxyl groups is 1. The van der Waals surface area contributed by atoms with Gasteiger partial charge in [0, 0.05) is 17.3 Å². The van der Waals surface area contributed by atoms with Crippen LogP contribution >= 0.6 is 0 Å². The molecule has 0 bridgehead atoms. The minimum absolute atomic E-state index is 0.0716. The largest absolute Gasteiger partial charge is 0.507 e. The Bertz CT molecular complexity index is 3110. The topological polar surface area (TPSA) is 50.9 Å². The number of hydrogen-bond donors (Lipinski definition) is 1. The third-order valence-electron chi connectivity index (χ3n) is 11.5. The highest BCUT2D eigenvalue weighted by molar-refractivity contribution is 5.97. The first-order chi connectivity index (χ1) is 30.6. The molecule has 0 fully saturated rings. The van der Waals surface area contributed by atoms with Gasteiger partial charge in [0.05, 0.1) is 34.8 Å². The number of nitrogens with zero attached hydrogens (tertiary/aromatic N) is 3. The maximum atomic E-state index is 12.3. The van der Waals surface area contributed by atoms with Gasteiger partial charge in [-0.25, -0.2) is 4.98 Å². The average molecular weight is 793 g/mol. The van der Waals surface area contributed by atoms with Gasteiger partial charge in [-0.15, -0.1) is 0 Å². The summed E-state index contributed by atoms with van der Waals surface area (Å²) >= 11 is 0. The van der Waals surface area contributed by atoms with Gasteiger partial charge in [-0.1, -0.05) is 160 Å². The molecule has 0 saturated heterocycles. The van der Waals surface area contributed by atoms with Crippen molar-refractivity contribution in [3.05, 3.63) is 168 Å². The first-order valence-electron chi connectivity index (χ1n) is 23.4. The van der Waals surface area contributed by atoms with E-state index >= 15 is 0 Å². The zero-order valence-electron chi connectivity index (χ0n) is 41.4. The van der Waals surface area contributed by atoms with E-state index < -0.39 is 6.04 Å². The molecule has 0 amide bonds. The van der Waals surface area contributed by atoms with Crippen LogP contribution in [0.15, 0.2) is 146 Å². The minimum Gasteiger partial charge on any atom is -0.507 e. The van der Waals surface area contributed by atoms with Crippen molar-refractivity contribution in [3.63, 3.8) is 0 Å². The van der Waals surface area contributed by atoms with Gasteiger partial charge in [-0.05, 0) is 121 Å². The highest BCUT2D eigenvalue weighted by Crippen LogP contribution is 2.45. The molecule has 0 aliphatic rings. The molecule has 8 rings (SSSR count).